The van der Waals surface area contributed by atoms with Crippen molar-refractivity contribution < 1.29 is 103 Å². The first-order valence-electron chi connectivity index (χ1n) is 13.4. The van der Waals surface area contributed by atoms with E-state index in [0.717, 1.165) is 10.8 Å². The Morgan fingerprint density at radius 1 is 1.31 bits per heavy atom. The van der Waals surface area contributed by atoms with Crippen LogP contribution in [-0.4, -0.2) is 132 Å². The van der Waals surface area contributed by atoms with Gasteiger partial charge in [-0.05, 0) is 12.6 Å². The van der Waals surface area contributed by atoms with Crippen LogP contribution in [0.1, 0.15) is 26.0 Å². The number of aromatic nitrogens is 2. The van der Waals surface area contributed by atoms with Crippen molar-refractivity contribution >= 4 is 25.4 Å². The van der Waals surface area contributed by atoms with Crippen LogP contribution in [0.25, 0.3) is 0 Å². The number of ether oxygens (including phenoxy) is 2. The molecule has 2 fully saturated rings. The molecule has 1 aromatic heterocycles. The van der Waals surface area contributed by atoms with Crippen LogP contribution in [-0.2, 0) is 32.7 Å². The van der Waals surface area contributed by atoms with E-state index in [2.05, 4.69) is 10.3 Å². The summed E-state index contributed by atoms with van der Waals surface area (Å²) in [4.78, 5) is 50.6. The van der Waals surface area contributed by atoms with Gasteiger partial charge in [0, 0.05) is 25.0 Å². The van der Waals surface area contributed by atoms with Gasteiger partial charge in [0.2, 0.25) is 5.79 Å². The number of likely N-dealkylation sites (N-methyl/N-ethyl adjacent to an activating group) is 1. The van der Waals surface area contributed by atoms with Gasteiger partial charge in [-0.15, -0.1) is 0 Å². The van der Waals surface area contributed by atoms with Crippen LogP contribution in [0, 0.1) is 5.92 Å². The Hall–Kier alpha value is -1.43. The largest absolute Gasteiger partial charge is 1.00 e. The maximum absolute atomic E-state index is 12.9. The van der Waals surface area contributed by atoms with Gasteiger partial charge in [0.1, 0.15) is 48.1 Å². The number of hydrogen-bond donors (Lipinski definition) is 9. The van der Waals surface area contributed by atoms with Crippen LogP contribution in [0.2, 0.25) is 0 Å². The normalized spacial score (nSPS) is 32.7. The minimum Gasteiger partial charge on any atom is -0.544 e. The van der Waals surface area contributed by atoms with Crippen molar-refractivity contribution in [3.05, 3.63) is 22.7 Å². The molecule has 0 aromatic carbocycles. The van der Waals surface area contributed by atoms with Crippen molar-refractivity contribution in [2.75, 3.05) is 32.0 Å². The molecule has 0 bridgehead atoms. The monoisotopic (exact) mass is 678 g/mol. The van der Waals surface area contributed by atoms with Crippen molar-refractivity contribution in [3.8, 4) is 0 Å². The number of nitrogens with one attached hydrogen (secondary N) is 1. The number of carboxylic acids is 1. The summed E-state index contributed by atoms with van der Waals surface area (Å²) in [5, 5.41) is 76.4. The number of aliphatic hydroxyl groups excluding tert-OH is 6. The van der Waals surface area contributed by atoms with E-state index < -0.39 is 112 Å². The number of phosphoric acid groups is 1. The summed E-state index contributed by atoms with van der Waals surface area (Å²) < 4.78 is 34.0. The minimum absolute atomic E-state index is 0. The molecular formula is C23H36N4NaO16P. The molecule has 7 unspecified atom stereocenters. The summed E-state index contributed by atoms with van der Waals surface area (Å²) in [6, 6.07) is 1.20. The molecule has 2 aliphatic rings. The molecule has 0 saturated carbocycles. The van der Waals surface area contributed by atoms with E-state index in [1.54, 1.807) is 6.92 Å². The molecule has 250 valence electrons. The number of nitrogens with two attached hydrogens (primary N) is 1. The van der Waals surface area contributed by atoms with Crippen molar-refractivity contribution in [2.45, 2.75) is 74.5 Å². The molecule has 0 radical (unpaired) electrons. The molecule has 1 aromatic rings. The van der Waals surface area contributed by atoms with Crippen LogP contribution < -0.4 is 51.4 Å². The average molecular weight is 679 g/mol. The molecule has 0 aliphatic carbocycles. The van der Waals surface area contributed by atoms with Gasteiger partial charge in [0.05, 0.1) is 32.0 Å². The fourth-order valence-corrected chi connectivity index (χ4v) is 5.78. The van der Waals surface area contributed by atoms with Crippen molar-refractivity contribution in [1.82, 2.24) is 14.9 Å². The molecule has 2 aliphatic heterocycles. The number of nitrogens with zero attached hydrogens (tertiary/aromatic N) is 2. The molecule has 45 heavy (non-hydrogen) atoms. The first-order chi connectivity index (χ1) is 20.6. The number of ketones is 1. The summed E-state index contributed by atoms with van der Waals surface area (Å²) in [7, 11) is -5.56. The maximum atomic E-state index is 12.9. The van der Waals surface area contributed by atoms with Crippen LogP contribution in [0.15, 0.2) is 17.1 Å². The van der Waals surface area contributed by atoms with Crippen molar-refractivity contribution in [2.24, 2.45) is 5.92 Å². The number of Topliss-reactive ketones (excluding diaryl/α,β-unsaturated/α-hetero) is 1. The quantitative estimate of drug-likeness (QED) is 0.0614. The molecule has 2 saturated heterocycles. The molecule has 20 nitrogen and oxygen atoms in total. The number of carboxylic acid groups (broad SMARTS) is 1. The number of phosphoric ester groups is 1. The number of anilines is 1. The molecule has 0 spiro atoms. The number of nitrogen functional groups attached to an aromatic ring is 1. The summed E-state index contributed by atoms with van der Waals surface area (Å²) in [5.41, 5.74) is 4.47. The molecule has 3 rings (SSSR count). The fraction of sp³-hybridized carbons (Fsp3) is 0.739. The molecule has 22 heteroatoms. The smallest absolute Gasteiger partial charge is 0.544 e. The first kappa shape index (κ1) is 39.7. The summed E-state index contributed by atoms with van der Waals surface area (Å²) >= 11 is 0. The van der Waals surface area contributed by atoms with Gasteiger partial charge in [0.25, 0.3) is 0 Å². The van der Waals surface area contributed by atoms with E-state index in [1.807, 2.05) is 0 Å². The van der Waals surface area contributed by atoms with Crippen LogP contribution >= 0.6 is 7.82 Å². The summed E-state index contributed by atoms with van der Waals surface area (Å²) in [5.74, 6) is -7.63. The predicted molar refractivity (Wildman–Crippen MR) is 140 cm³/mol. The number of carbonyl (C=O) groups is 2. The Labute approximate surface area is 277 Å². The zero-order valence-electron chi connectivity index (χ0n) is 24.3. The Bertz CT molecular complexity index is 1280. The van der Waals surface area contributed by atoms with Gasteiger partial charge >= 0.3 is 43.1 Å². The fourth-order valence-electron chi connectivity index (χ4n) is 4.83. The number of aliphatic hydroxyl groups is 6. The van der Waals surface area contributed by atoms with Crippen LogP contribution in [0.3, 0.4) is 0 Å². The van der Waals surface area contributed by atoms with Crippen LogP contribution in [0.4, 0.5) is 5.82 Å². The Kier molecular flexibility index (Phi) is 14.7. The SMILES string of the molecule is CCNCC(=O)CC1C(O)CC(OP(=O)(O)OC[C@H]2O[C@@H](n3ccc(N)nc3=O)C(O)[C@H]2O)(C(=O)[O-])OC1C(O)[C@H](O)CO.[Na+]. The van der Waals surface area contributed by atoms with Gasteiger partial charge in [-0.25, -0.2) is 13.9 Å². The Morgan fingerprint density at radius 2 is 1.98 bits per heavy atom. The van der Waals surface area contributed by atoms with E-state index in [9.17, 15) is 59.6 Å². The standard InChI is InChI=1S/C23H37N4O16P.Na/c1-2-25-7-10(29)5-11-12(30)6-23(21(35)36,42-19(11)16(32)13(31)8-28)43-44(38,39)40-9-14-17(33)18(34)20(41-14)27-4-3-15(24)26-22(27)37;/h3-4,11-14,16-20,25,28,30-34H,2,5-9H2,1H3,(H,35,36)(H,38,39)(H2,24,26,37);/q;+1/p-1/t11?,12?,13-,14-,16?,17+,18?,19?,20-,23?;/m1./s1. The van der Waals surface area contributed by atoms with Gasteiger partial charge < -0.3 is 66.0 Å². The predicted octanol–water partition coefficient (Wildman–Crippen LogP) is -8.92. The Morgan fingerprint density at radius 3 is 2.56 bits per heavy atom. The zero-order valence-corrected chi connectivity index (χ0v) is 27.2. The zero-order chi connectivity index (χ0) is 33.0. The second-order valence-corrected chi connectivity index (χ2v) is 11.6. The summed E-state index contributed by atoms with van der Waals surface area (Å²) in [6.07, 6.45) is -15.1. The van der Waals surface area contributed by atoms with E-state index in [-0.39, 0.29) is 41.9 Å². The Balaban J connectivity index is 0.00000705. The first-order valence-corrected chi connectivity index (χ1v) is 14.9. The number of rotatable bonds is 15. The van der Waals surface area contributed by atoms with Crippen LogP contribution in [0.5, 0.6) is 0 Å². The second kappa shape index (κ2) is 16.6. The topological polar surface area (TPSA) is 326 Å². The van der Waals surface area contributed by atoms with E-state index >= 15 is 0 Å². The maximum Gasteiger partial charge on any atom is 1.00 e. The molecule has 10 N–H and O–H groups in total. The van der Waals surface area contributed by atoms with Gasteiger partial charge in [0.15, 0.2) is 6.23 Å². The third-order valence-electron chi connectivity index (χ3n) is 7.11. The van der Waals surface area contributed by atoms with E-state index in [0.29, 0.717) is 6.54 Å². The molecule has 0 amide bonds. The summed E-state index contributed by atoms with van der Waals surface area (Å²) in [6.45, 7) is -0.110. The average Bonchev–Trinajstić information content (AvgIpc) is 3.23. The van der Waals surface area contributed by atoms with Crippen molar-refractivity contribution in [1.29, 1.82) is 0 Å². The number of aliphatic carboxylic acids is 1. The van der Waals surface area contributed by atoms with Gasteiger partial charge in [-0.3, -0.25) is 13.9 Å². The molecular weight excluding hydrogens is 642 g/mol. The van der Waals surface area contributed by atoms with Gasteiger partial charge in [-0.2, -0.15) is 4.98 Å². The minimum atomic E-state index is -5.56. The molecule has 3 heterocycles. The third-order valence-corrected chi connectivity index (χ3v) is 8.11. The molecule has 11 atom stereocenters. The third kappa shape index (κ3) is 9.57. The number of hydrogen-bond acceptors (Lipinski definition) is 18. The van der Waals surface area contributed by atoms with E-state index in [1.165, 1.54) is 6.07 Å². The second-order valence-electron chi connectivity index (χ2n) is 10.3. The number of carbonyl (C=O) groups excluding carboxylic acids is 2. The van der Waals surface area contributed by atoms with E-state index in [4.69, 9.17) is 24.3 Å². The van der Waals surface area contributed by atoms with Gasteiger partial charge in [-0.1, -0.05) is 6.92 Å². The van der Waals surface area contributed by atoms with Crippen molar-refractivity contribution in [3.63, 3.8) is 0 Å².